The summed E-state index contributed by atoms with van der Waals surface area (Å²) in [4.78, 5) is 0. The first-order chi connectivity index (χ1) is 5.38. The van der Waals surface area contributed by atoms with E-state index in [9.17, 15) is 5.11 Å². The second-order valence-electron chi connectivity index (χ2n) is 2.34. The Morgan fingerprint density at radius 1 is 1.18 bits per heavy atom. The van der Waals surface area contributed by atoms with E-state index in [-0.39, 0.29) is 5.75 Å². The van der Waals surface area contributed by atoms with Crippen molar-refractivity contribution in [3.8, 4) is 5.75 Å². The average molecular weight is 142 g/mol. The van der Waals surface area contributed by atoms with Crippen LogP contribution in [0.2, 0.25) is 0 Å². The Bertz CT molecular complexity index is 374. The van der Waals surface area contributed by atoms with E-state index < -0.39 is 0 Å². The molecule has 11 heavy (non-hydrogen) atoms. The Hall–Kier alpha value is -1.50. The van der Waals surface area contributed by atoms with Crippen molar-refractivity contribution in [3.05, 3.63) is 42.5 Å². The van der Waals surface area contributed by atoms with E-state index in [0.717, 1.165) is 10.8 Å². The number of fused-ring (bicyclic) bond motifs is 1. The lowest BCUT2D eigenvalue weighted by Gasteiger charge is -1.96. The Morgan fingerprint density at radius 3 is 2.91 bits per heavy atom. The van der Waals surface area contributed by atoms with Crippen LogP contribution in [0.4, 0.5) is 0 Å². The maximum absolute atomic E-state index is 9.32. The van der Waals surface area contributed by atoms with Crippen molar-refractivity contribution in [2.75, 3.05) is 0 Å². The summed E-state index contributed by atoms with van der Waals surface area (Å²) in [7, 11) is 0. The van der Waals surface area contributed by atoms with Gasteiger partial charge >= 0.3 is 0 Å². The molecule has 2 aromatic carbocycles. The van der Waals surface area contributed by atoms with Crippen molar-refractivity contribution in [2.24, 2.45) is 0 Å². The monoisotopic (exact) mass is 142 g/mol. The first-order valence-corrected chi connectivity index (χ1v) is 3.38. The predicted molar refractivity (Wildman–Crippen MR) is 43.3 cm³/mol. The van der Waals surface area contributed by atoms with Crippen molar-refractivity contribution in [1.82, 2.24) is 0 Å². The molecule has 2 aromatic rings. The Labute approximate surface area is 64.9 Å². The summed E-state index contributed by atoms with van der Waals surface area (Å²) in [6.45, 7) is 0. The molecule has 52 valence electrons. The zero-order chi connectivity index (χ0) is 7.68. The third-order valence-electron chi connectivity index (χ3n) is 1.62. The van der Waals surface area contributed by atoms with Crippen LogP contribution in [0, 0.1) is 12.1 Å². The summed E-state index contributed by atoms with van der Waals surface area (Å²) in [6, 6.07) is 14.7. The van der Waals surface area contributed by atoms with Gasteiger partial charge in [0.25, 0.3) is 0 Å². The van der Waals surface area contributed by atoms with Crippen molar-refractivity contribution < 1.29 is 5.11 Å². The first-order valence-electron chi connectivity index (χ1n) is 3.38. The van der Waals surface area contributed by atoms with Gasteiger partial charge in [0.2, 0.25) is 0 Å². The van der Waals surface area contributed by atoms with Crippen LogP contribution in [-0.2, 0) is 0 Å². The molecular weight excluding hydrogens is 136 g/mol. The van der Waals surface area contributed by atoms with Gasteiger partial charge in [-0.3, -0.25) is 0 Å². The smallest absolute Gasteiger partial charge is 0.124 e. The quantitative estimate of drug-likeness (QED) is 0.597. The van der Waals surface area contributed by atoms with E-state index >= 15 is 0 Å². The minimum absolute atomic E-state index is 0.263. The maximum Gasteiger partial charge on any atom is 0.124 e. The van der Waals surface area contributed by atoms with Crippen LogP contribution in [0.15, 0.2) is 30.3 Å². The fourth-order valence-corrected chi connectivity index (χ4v) is 1.08. The van der Waals surface area contributed by atoms with Gasteiger partial charge in [0.15, 0.2) is 0 Å². The van der Waals surface area contributed by atoms with Crippen LogP contribution in [0.25, 0.3) is 10.8 Å². The van der Waals surface area contributed by atoms with Crippen LogP contribution in [-0.4, -0.2) is 5.11 Å². The fourth-order valence-electron chi connectivity index (χ4n) is 1.08. The van der Waals surface area contributed by atoms with Gasteiger partial charge < -0.3 is 5.11 Å². The van der Waals surface area contributed by atoms with E-state index in [1.165, 1.54) is 0 Å². The van der Waals surface area contributed by atoms with Gasteiger partial charge in [-0.15, -0.1) is 0 Å². The molecule has 0 bridgehead atoms. The summed E-state index contributed by atoms with van der Waals surface area (Å²) in [5, 5.41) is 11.0. The normalized spacial score (nSPS) is 10.2. The lowest BCUT2D eigenvalue weighted by Crippen LogP contribution is -1.71. The largest absolute Gasteiger partial charge is 0.507 e. The standard InChI is InChI=1S/C10H6O/c11-10-7-3-5-8-4-1-2-6-9(8)10/h1,3-5,7,11H. The molecule has 0 fully saturated rings. The molecular formula is C10H6O. The summed E-state index contributed by atoms with van der Waals surface area (Å²) < 4.78 is 0. The van der Waals surface area contributed by atoms with Crippen LogP contribution in [0.5, 0.6) is 5.75 Å². The number of hydrogen-bond donors (Lipinski definition) is 1. The minimum atomic E-state index is 0.263. The molecule has 2 radical (unpaired) electrons. The number of benzene rings is 2. The fraction of sp³-hybridized carbons (Fsp3) is 0. The van der Waals surface area contributed by atoms with Gasteiger partial charge in [0.1, 0.15) is 5.75 Å². The van der Waals surface area contributed by atoms with Crippen molar-refractivity contribution in [1.29, 1.82) is 0 Å². The topological polar surface area (TPSA) is 20.2 Å². The van der Waals surface area contributed by atoms with Gasteiger partial charge in [0, 0.05) is 11.5 Å². The van der Waals surface area contributed by atoms with Gasteiger partial charge in [-0.25, -0.2) is 0 Å². The molecule has 0 atom stereocenters. The molecule has 0 saturated carbocycles. The van der Waals surface area contributed by atoms with E-state index in [1.807, 2.05) is 18.2 Å². The molecule has 0 aliphatic heterocycles. The number of phenolic OH excluding ortho intramolecular Hbond substituents is 1. The maximum atomic E-state index is 9.32. The molecule has 0 aromatic heterocycles. The van der Waals surface area contributed by atoms with Gasteiger partial charge in [-0.2, -0.15) is 0 Å². The molecule has 0 heterocycles. The second kappa shape index (κ2) is 2.27. The first kappa shape index (κ1) is 6.23. The second-order valence-corrected chi connectivity index (χ2v) is 2.34. The molecule has 0 spiro atoms. The van der Waals surface area contributed by atoms with Crippen molar-refractivity contribution in [3.63, 3.8) is 0 Å². The lowest BCUT2D eigenvalue weighted by molar-refractivity contribution is 0.481. The van der Waals surface area contributed by atoms with Gasteiger partial charge in [0.05, 0.1) is 0 Å². The van der Waals surface area contributed by atoms with Gasteiger partial charge in [-0.1, -0.05) is 24.3 Å². The molecule has 0 amide bonds. The highest BCUT2D eigenvalue weighted by molar-refractivity contribution is 5.87. The molecule has 0 aliphatic carbocycles. The zero-order valence-corrected chi connectivity index (χ0v) is 5.83. The van der Waals surface area contributed by atoms with E-state index in [2.05, 4.69) is 12.1 Å². The van der Waals surface area contributed by atoms with E-state index in [1.54, 1.807) is 12.1 Å². The Morgan fingerprint density at radius 2 is 2.09 bits per heavy atom. The summed E-state index contributed by atoms with van der Waals surface area (Å²) in [5.74, 6) is 0.263. The predicted octanol–water partition coefficient (Wildman–Crippen LogP) is 2.15. The highest BCUT2D eigenvalue weighted by Crippen LogP contribution is 2.22. The summed E-state index contributed by atoms with van der Waals surface area (Å²) in [5.41, 5.74) is 0. The molecule has 1 N–H and O–H groups in total. The number of phenols is 1. The molecule has 0 unspecified atom stereocenters. The van der Waals surface area contributed by atoms with Gasteiger partial charge in [-0.05, 0) is 17.5 Å². The Balaban J connectivity index is 2.91. The van der Waals surface area contributed by atoms with Crippen LogP contribution >= 0.6 is 0 Å². The molecule has 0 saturated heterocycles. The van der Waals surface area contributed by atoms with Crippen LogP contribution in [0.3, 0.4) is 0 Å². The highest BCUT2D eigenvalue weighted by Gasteiger charge is 1.95. The average Bonchev–Trinajstić information content (AvgIpc) is 2.06. The minimum Gasteiger partial charge on any atom is -0.507 e. The molecule has 2 rings (SSSR count). The highest BCUT2D eigenvalue weighted by atomic mass is 16.3. The molecule has 1 heteroatoms. The number of hydrogen-bond acceptors (Lipinski definition) is 1. The van der Waals surface area contributed by atoms with Crippen LogP contribution < -0.4 is 0 Å². The zero-order valence-electron chi connectivity index (χ0n) is 5.83. The van der Waals surface area contributed by atoms with Crippen molar-refractivity contribution >= 4 is 10.8 Å². The lowest BCUT2D eigenvalue weighted by atomic mass is 10.1. The third kappa shape index (κ3) is 0.944. The number of aromatic hydroxyl groups is 1. The third-order valence-corrected chi connectivity index (χ3v) is 1.62. The summed E-state index contributed by atoms with van der Waals surface area (Å²) in [6.07, 6.45) is 0. The van der Waals surface area contributed by atoms with E-state index in [0.29, 0.717) is 0 Å². The van der Waals surface area contributed by atoms with Crippen LogP contribution in [0.1, 0.15) is 0 Å². The van der Waals surface area contributed by atoms with Crippen molar-refractivity contribution in [2.45, 2.75) is 0 Å². The molecule has 0 aliphatic rings. The molecule has 1 nitrogen and oxygen atoms in total. The Kier molecular flexibility index (Phi) is 1.29. The number of rotatable bonds is 0. The SMILES string of the molecule is Oc1cccc2cc[c][c]c12. The summed E-state index contributed by atoms with van der Waals surface area (Å²) >= 11 is 0. The van der Waals surface area contributed by atoms with E-state index in [4.69, 9.17) is 0 Å².